The van der Waals surface area contributed by atoms with Crippen molar-refractivity contribution in [3.05, 3.63) is 39.3 Å². The third kappa shape index (κ3) is 3.48. The van der Waals surface area contributed by atoms with Crippen LogP contribution < -0.4 is 9.46 Å². The maximum absolute atomic E-state index is 12.7. The molecule has 1 heterocycles. The first-order chi connectivity index (χ1) is 10.2. The zero-order valence-electron chi connectivity index (χ0n) is 13.3. The van der Waals surface area contributed by atoms with E-state index >= 15 is 0 Å². The summed E-state index contributed by atoms with van der Waals surface area (Å²) < 4.78 is 33.2. The van der Waals surface area contributed by atoms with E-state index in [9.17, 15) is 8.42 Å². The molecule has 0 radical (unpaired) electrons. The Balaban J connectivity index is 2.36. The minimum Gasteiger partial charge on any atom is -0.495 e. The van der Waals surface area contributed by atoms with Gasteiger partial charge in [0.05, 0.1) is 13.2 Å². The average Bonchev–Trinajstić information content (AvgIpc) is 2.87. The number of nitrogens with one attached hydrogen (secondary N) is 1. The van der Waals surface area contributed by atoms with Crippen LogP contribution >= 0.6 is 11.3 Å². The van der Waals surface area contributed by atoms with Gasteiger partial charge in [0.15, 0.2) is 0 Å². The first-order valence-electron chi connectivity index (χ1n) is 6.84. The summed E-state index contributed by atoms with van der Waals surface area (Å²) in [5.74, 6) is 0.345. The summed E-state index contributed by atoms with van der Waals surface area (Å²) in [6, 6.07) is 2.98. The minimum atomic E-state index is -3.69. The van der Waals surface area contributed by atoms with Gasteiger partial charge in [-0.25, -0.2) is 18.1 Å². The number of rotatable bonds is 5. The lowest BCUT2D eigenvalue weighted by molar-refractivity contribution is 0.401. The van der Waals surface area contributed by atoms with E-state index in [0.717, 1.165) is 21.8 Å². The van der Waals surface area contributed by atoms with Crippen molar-refractivity contribution in [3.8, 4) is 5.75 Å². The topological polar surface area (TPSA) is 68.3 Å². The predicted octanol–water partition coefficient (Wildman–Crippen LogP) is 3.12. The van der Waals surface area contributed by atoms with Gasteiger partial charge in [0.1, 0.15) is 15.7 Å². The Labute approximate surface area is 135 Å². The number of aryl methyl sites for hydroxylation is 3. The Morgan fingerprint density at radius 2 is 1.86 bits per heavy atom. The number of aromatic nitrogens is 1. The summed E-state index contributed by atoms with van der Waals surface area (Å²) in [4.78, 5) is 4.47. The molecule has 1 N–H and O–H groups in total. The summed E-state index contributed by atoms with van der Waals surface area (Å²) in [7, 11) is -2.22. The van der Waals surface area contributed by atoms with Crippen LogP contribution in [0.3, 0.4) is 0 Å². The molecule has 0 saturated carbocycles. The van der Waals surface area contributed by atoms with Gasteiger partial charge >= 0.3 is 0 Å². The first kappa shape index (κ1) is 16.9. The largest absolute Gasteiger partial charge is 0.495 e. The van der Waals surface area contributed by atoms with E-state index in [-0.39, 0.29) is 4.90 Å². The Morgan fingerprint density at radius 1 is 1.23 bits per heavy atom. The van der Waals surface area contributed by atoms with Crippen molar-refractivity contribution in [2.75, 3.05) is 7.11 Å². The fourth-order valence-corrected chi connectivity index (χ4v) is 4.37. The van der Waals surface area contributed by atoms with Gasteiger partial charge in [-0.05, 0) is 51.0 Å². The normalized spacial score (nSPS) is 13.1. The van der Waals surface area contributed by atoms with Crippen LogP contribution in [0.15, 0.2) is 22.4 Å². The van der Waals surface area contributed by atoms with Gasteiger partial charge in [0.2, 0.25) is 10.0 Å². The average molecular weight is 340 g/mol. The highest BCUT2D eigenvalue weighted by Gasteiger charge is 2.24. The van der Waals surface area contributed by atoms with Crippen LogP contribution in [0, 0.1) is 20.8 Å². The highest BCUT2D eigenvalue weighted by atomic mass is 32.2. The van der Waals surface area contributed by atoms with E-state index in [4.69, 9.17) is 4.74 Å². The molecule has 1 unspecified atom stereocenters. The minimum absolute atomic E-state index is 0.151. The molecule has 0 fully saturated rings. The summed E-state index contributed by atoms with van der Waals surface area (Å²) in [6.45, 7) is 7.46. The molecular formula is C15H20N2O3S2. The van der Waals surface area contributed by atoms with E-state index in [1.807, 2.05) is 26.2 Å². The molecule has 1 aromatic carbocycles. The Bertz CT molecular complexity index is 782. The van der Waals surface area contributed by atoms with Gasteiger partial charge in [-0.15, -0.1) is 11.3 Å². The van der Waals surface area contributed by atoms with Crippen molar-refractivity contribution in [1.82, 2.24) is 9.71 Å². The maximum Gasteiger partial charge on any atom is 0.244 e. The molecule has 2 rings (SSSR count). The van der Waals surface area contributed by atoms with E-state index in [1.54, 1.807) is 19.1 Å². The lowest BCUT2D eigenvalue weighted by atomic mass is 10.1. The summed E-state index contributed by atoms with van der Waals surface area (Å²) in [6.07, 6.45) is 0. The van der Waals surface area contributed by atoms with Gasteiger partial charge in [0, 0.05) is 11.1 Å². The van der Waals surface area contributed by atoms with Gasteiger partial charge in [-0.1, -0.05) is 0 Å². The van der Waals surface area contributed by atoms with Crippen molar-refractivity contribution in [2.45, 2.75) is 38.6 Å². The monoisotopic (exact) mass is 340 g/mol. The van der Waals surface area contributed by atoms with Gasteiger partial charge < -0.3 is 4.74 Å². The van der Waals surface area contributed by atoms with E-state index < -0.39 is 16.1 Å². The lowest BCUT2D eigenvalue weighted by Gasteiger charge is -2.16. The van der Waals surface area contributed by atoms with E-state index in [1.165, 1.54) is 18.4 Å². The van der Waals surface area contributed by atoms with Crippen LogP contribution in [0.5, 0.6) is 5.75 Å². The van der Waals surface area contributed by atoms with Crippen molar-refractivity contribution in [2.24, 2.45) is 0 Å². The van der Waals surface area contributed by atoms with Crippen LogP contribution in [0.25, 0.3) is 0 Å². The Kier molecular flexibility index (Phi) is 4.89. The number of nitrogens with zero attached hydrogens (tertiary/aromatic N) is 1. The van der Waals surface area contributed by atoms with E-state index in [2.05, 4.69) is 9.71 Å². The van der Waals surface area contributed by atoms with Gasteiger partial charge in [-0.2, -0.15) is 0 Å². The number of thiazole rings is 1. The molecule has 0 saturated heterocycles. The second kappa shape index (κ2) is 6.36. The number of hydrogen-bond acceptors (Lipinski definition) is 5. The molecule has 2 aromatic rings. The number of methoxy groups -OCH3 is 1. The first-order valence-corrected chi connectivity index (χ1v) is 9.20. The smallest absolute Gasteiger partial charge is 0.244 e. The highest BCUT2D eigenvalue weighted by Crippen LogP contribution is 2.29. The molecule has 1 atom stereocenters. The molecule has 120 valence electrons. The standard InChI is InChI=1S/C15H20N2O3S2/c1-9-6-13(20-5)14(7-10(9)2)22(18,19)17-12(4)15-16-11(3)8-21-15/h6-8,12,17H,1-5H3. The molecule has 0 bridgehead atoms. The summed E-state index contributed by atoms with van der Waals surface area (Å²) in [5, 5.41) is 2.64. The third-order valence-corrected chi connectivity index (χ3v) is 6.12. The number of hydrogen-bond donors (Lipinski definition) is 1. The third-order valence-electron chi connectivity index (χ3n) is 3.41. The maximum atomic E-state index is 12.7. The Morgan fingerprint density at radius 3 is 2.41 bits per heavy atom. The predicted molar refractivity (Wildman–Crippen MR) is 88.1 cm³/mol. The van der Waals surface area contributed by atoms with Crippen LogP contribution in [0.1, 0.15) is 34.8 Å². The quantitative estimate of drug-likeness (QED) is 0.908. The molecular weight excluding hydrogens is 320 g/mol. The van der Waals surface area contributed by atoms with Crippen molar-refractivity contribution in [1.29, 1.82) is 0 Å². The molecule has 0 aliphatic heterocycles. The summed E-state index contributed by atoms with van der Waals surface area (Å²) >= 11 is 1.44. The zero-order chi connectivity index (χ0) is 16.5. The lowest BCUT2D eigenvalue weighted by Crippen LogP contribution is -2.27. The van der Waals surface area contributed by atoms with Crippen molar-refractivity contribution < 1.29 is 13.2 Å². The van der Waals surface area contributed by atoms with Gasteiger partial charge in [-0.3, -0.25) is 0 Å². The molecule has 22 heavy (non-hydrogen) atoms. The molecule has 0 aliphatic rings. The molecule has 0 spiro atoms. The van der Waals surface area contributed by atoms with Crippen LogP contribution in [0.2, 0.25) is 0 Å². The fourth-order valence-electron chi connectivity index (χ4n) is 2.05. The van der Waals surface area contributed by atoms with Gasteiger partial charge in [0.25, 0.3) is 0 Å². The van der Waals surface area contributed by atoms with Crippen LogP contribution in [-0.2, 0) is 10.0 Å². The second-order valence-corrected chi connectivity index (χ2v) is 7.83. The van der Waals surface area contributed by atoms with E-state index in [0.29, 0.717) is 5.75 Å². The number of ether oxygens (including phenoxy) is 1. The van der Waals surface area contributed by atoms with Crippen molar-refractivity contribution >= 4 is 21.4 Å². The number of benzene rings is 1. The van der Waals surface area contributed by atoms with Crippen LogP contribution in [-0.4, -0.2) is 20.5 Å². The highest BCUT2D eigenvalue weighted by molar-refractivity contribution is 7.89. The Hall–Kier alpha value is -1.44. The van der Waals surface area contributed by atoms with Crippen molar-refractivity contribution in [3.63, 3.8) is 0 Å². The molecule has 1 aromatic heterocycles. The van der Waals surface area contributed by atoms with Crippen LogP contribution in [0.4, 0.5) is 0 Å². The molecule has 0 aliphatic carbocycles. The molecule has 5 nitrogen and oxygen atoms in total. The molecule has 0 amide bonds. The second-order valence-electron chi connectivity index (χ2n) is 5.26. The molecule has 7 heteroatoms. The SMILES string of the molecule is COc1cc(C)c(C)cc1S(=O)(=O)NC(C)c1nc(C)cs1. The number of sulfonamides is 1. The zero-order valence-corrected chi connectivity index (χ0v) is 14.9. The fraction of sp³-hybridized carbons (Fsp3) is 0.400. The summed E-state index contributed by atoms with van der Waals surface area (Å²) in [5.41, 5.74) is 2.77.